The summed E-state index contributed by atoms with van der Waals surface area (Å²) in [6, 6.07) is 9.70. The van der Waals surface area contributed by atoms with Gasteiger partial charge in [-0.3, -0.25) is 14.4 Å². The Balaban J connectivity index is 1.96. The van der Waals surface area contributed by atoms with E-state index in [0.29, 0.717) is 16.1 Å². The summed E-state index contributed by atoms with van der Waals surface area (Å²) < 4.78 is 25.1. The number of nitrogens with one attached hydrogen (secondary N) is 2. The highest BCUT2D eigenvalue weighted by molar-refractivity contribution is 6.31. The van der Waals surface area contributed by atoms with Gasteiger partial charge in [0.15, 0.2) is 6.10 Å². The predicted molar refractivity (Wildman–Crippen MR) is 182 cm³/mol. The molecule has 48 heavy (non-hydrogen) atoms. The molecule has 0 bridgehead atoms. The second-order valence-corrected chi connectivity index (χ2v) is 14.3. The van der Waals surface area contributed by atoms with Gasteiger partial charge in [-0.15, -0.1) is 11.6 Å². The van der Waals surface area contributed by atoms with E-state index in [4.69, 9.17) is 32.7 Å². The Morgan fingerprint density at radius 2 is 1.71 bits per heavy atom. The number of rotatable bonds is 8. The molecular formula is C36H45Cl2FN2O7. The van der Waals surface area contributed by atoms with Crippen molar-refractivity contribution in [2.45, 2.75) is 90.5 Å². The quantitative estimate of drug-likeness (QED) is 0.235. The molecule has 1 heterocycles. The molecule has 2 amide bonds. The minimum Gasteiger partial charge on any atom is -0.459 e. The zero-order chi connectivity index (χ0) is 35.8. The van der Waals surface area contributed by atoms with E-state index in [1.165, 1.54) is 36.4 Å². The van der Waals surface area contributed by atoms with Crippen LogP contribution in [-0.4, -0.2) is 59.8 Å². The smallest absolute Gasteiger partial charge is 0.347 e. The van der Waals surface area contributed by atoms with Crippen molar-refractivity contribution >= 4 is 47.0 Å². The number of carbonyl (C=O) groups excluding carboxylic acids is 4. The SMILES string of the molecule is Cc1ccc(C[C@H]2NC(=O)/C=C/C[C@@H]([C@H](C)[C@@H](O)[C@@H](Cl)c3ccc(F)cc3)OC(=O)[C@H](CC(C)C)OC(=O)C(C)(C)CNC2=O)cc1Cl. The first-order valence-electron chi connectivity index (χ1n) is 16.0. The van der Waals surface area contributed by atoms with Crippen molar-refractivity contribution in [3.63, 3.8) is 0 Å². The summed E-state index contributed by atoms with van der Waals surface area (Å²) in [5.74, 6) is -3.97. The molecule has 0 saturated carbocycles. The standard InChI is InChI=1S/C36H45Cl2FN2O7/c1-20(2)16-29-34(45)47-28(22(4)32(43)31(38)24-12-14-25(39)15-13-24)8-7-9-30(42)41-27(18-23-11-10-21(3)26(37)17-23)33(44)40-19-36(5,6)35(46)48-29/h7,9-15,17,20,22,27-29,31-32,43H,8,16,18-19H2,1-6H3,(H,40,44)(H,41,42)/b9-7+/t22-,27+,28-,29-,31-,32+/m0/s1. The number of aliphatic hydroxyl groups is 1. The van der Waals surface area contributed by atoms with Crippen LogP contribution in [0.15, 0.2) is 54.6 Å². The largest absolute Gasteiger partial charge is 0.459 e. The van der Waals surface area contributed by atoms with Crippen LogP contribution < -0.4 is 10.6 Å². The van der Waals surface area contributed by atoms with Gasteiger partial charge in [0.2, 0.25) is 11.8 Å². The molecule has 3 N–H and O–H groups in total. The third kappa shape index (κ3) is 11.0. The lowest BCUT2D eigenvalue weighted by Gasteiger charge is -2.32. The molecule has 0 spiro atoms. The third-order valence-corrected chi connectivity index (χ3v) is 9.20. The number of benzene rings is 2. The lowest BCUT2D eigenvalue weighted by molar-refractivity contribution is -0.180. The number of aryl methyl sites for hydroxylation is 1. The van der Waals surface area contributed by atoms with Gasteiger partial charge in [-0.05, 0) is 74.1 Å². The highest BCUT2D eigenvalue weighted by Gasteiger charge is 2.38. The number of cyclic esters (lactones) is 2. The van der Waals surface area contributed by atoms with Crippen molar-refractivity contribution in [2.75, 3.05) is 6.54 Å². The molecule has 0 saturated heterocycles. The van der Waals surface area contributed by atoms with Gasteiger partial charge in [-0.25, -0.2) is 9.18 Å². The fourth-order valence-electron chi connectivity index (χ4n) is 5.08. The van der Waals surface area contributed by atoms with Crippen molar-refractivity contribution in [1.82, 2.24) is 10.6 Å². The van der Waals surface area contributed by atoms with Gasteiger partial charge in [-0.1, -0.05) is 62.7 Å². The first-order chi connectivity index (χ1) is 22.5. The molecule has 12 heteroatoms. The van der Waals surface area contributed by atoms with Crippen molar-refractivity contribution in [1.29, 1.82) is 0 Å². The maximum Gasteiger partial charge on any atom is 0.347 e. The zero-order valence-corrected chi connectivity index (χ0v) is 29.6. The molecule has 0 fully saturated rings. The summed E-state index contributed by atoms with van der Waals surface area (Å²) in [4.78, 5) is 53.5. The van der Waals surface area contributed by atoms with Gasteiger partial charge in [-0.2, -0.15) is 0 Å². The van der Waals surface area contributed by atoms with Gasteiger partial charge < -0.3 is 25.2 Å². The minimum absolute atomic E-state index is 0.0251. The molecule has 0 unspecified atom stereocenters. The summed E-state index contributed by atoms with van der Waals surface area (Å²) >= 11 is 12.9. The Kier molecular flexibility index (Phi) is 14.0. The van der Waals surface area contributed by atoms with Crippen molar-refractivity contribution < 1.29 is 38.1 Å². The molecule has 0 aromatic heterocycles. The fraction of sp³-hybridized carbons (Fsp3) is 0.500. The Hall–Kier alpha value is -3.47. The van der Waals surface area contributed by atoms with Crippen LogP contribution >= 0.6 is 23.2 Å². The van der Waals surface area contributed by atoms with Gasteiger partial charge in [0.05, 0.1) is 16.9 Å². The van der Waals surface area contributed by atoms with E-state index in [1.807, 2.05) is 32.9 Å². The molecule has 1 aliphatic rings. The molecule has 6 atom stereocenters. The number of alkyl halides is 1. The first kappa shape index (κ1) is 39.0. The van der Waals surface area contributed by atoms with Crippen LogP contribution in [0.2, 0.25) is 5.02 Å². The summed E-state index contributed by atoms with van der Waals surface area (Å²) in [6.07, 6.45) is -0.607. The lowest BCUT2D eigenvalue weighted by atomic mass is 9.90. The molecule has 2 aromatic carbocycles. The molecule has 3 rings (SSSR count). The van der Waals surface area contributed by atoms with E-state index in [-0.39, 0.29) is 31.7 Å². The number of hydrogen-bond donors (Lipinski definition) is 3. The summed E-state index contributed by atoms with van der Waals surface area (Å²) in [5, 5.41) is 16.2. The number of amides is 2. The topological polar surface area (TPSA) is 131 Å². The molecule has 1 aliphatic heterocycles. The fourth-order valence-corrected chi connectivity index (χ4v) is 5.65. The van der Waals surface area contributed by atoms with Gasteiger partial charge in [0, 0.05) is 30.3 Å². The number of aliphatic hydroxyl groups excluding tert-OH is 1. The Labute approximate surface area is 291 Å². The molecule has 0 aliphatic carbocycles. The summed E-state index contributed by atoms with van der Waals surface area (Å²) in [7, 11) is 0. The minimum atomic E-state index is -1.28. The van der Waals surface area contributed by atoms with Crippen LogP contribution in [0.4, 0.5) is 4.39 Å². The lowest BCUT2D eigenvalue weighted by Crippen LogP contribution is -2.51. The molecule has 9 nitrogen and oxygen atoms in total. The van der Waals surface area contributed by atoms with E-state index in [9.17, 15) is 28.7 Å². The van der Waals surface area contributed by atoms with Gasteiger partial charge >= 0.3 is 11.9 Å². The van der Waals surface area contributed by atoms with Crippen molar-refractivity contribution in [3.05, 3.63) is 82.1 Å². The monoisotopic (exact) mass is 706 g/mol. The highest BCUT2D eigenvalue weighted by Crippen LogP contribution is 2.32. The number of esters is 2. The van der Waals surface area contributed by atoms with E-state index >= 15 is 0 Å². The molecule has 2 aromatic rings. The molecule has 0 radical (unpaired) electrons. The number of carbonyl (C=O) groups is 4. The zero-order valence-electron chi connectivity index (χ0n) is 28.1. The summed E-state index contributed by atoms with van der Waals surface area (Å²) in [6.45, 7) is 10.2. The average molecular weight is 708 g/mol. The highest BCUT2D eigenvalue weighted by atomic mass is 35.5. The Bertz CT molecular complexity index is 1480. The predicted octanol–water partition coefficient (Wildman–Crippen LogP) is 5.76. The number of ether oxygens (including phenoxy) is 2. The maximum atomic E-state index is 13.6. The summed E-state index contributed by atoms with van der Waals surface area (Å²) in [5.41, 5.74) is 0.776. The van der Waals surface area contributed by atoms with Crippen molar-refractivity contribution in [2.24, 2.45) is 17.3 Å². The average Bonchev–Trinajstić information content (AvgIpc) is 3.02. The maximum absolute atomic E-state index is 13.6. The molecule has 262 valence electrons. The number of halogens is 3. The second-order valence-electron chi connectivity index (χ2n) is 13.4. The van der Waals surface area contributed by atoms with E-state index < -0.39 is 70.6 Å². The van der Waals surface area contributed by atoms with E-state index in [2.05, 4.69) is 10.6 Å². The number of hydrogen-bond acceptors (Lipinski definition) is 7. The van der Waals surface area contributed by atoms with Gasteiger partial charge in [0.25, 0.3) is 0 Å². The molecular weight excluding hydrogens is 662 g/mol. The van der Waals surface area contributed by atoms with Crippen molar-refractivity contribution in [3.8, 4) is 0 Å². The van der Waals surface area contributed by atoms with Crippen LogP contribution in [0.5, 0.6) is 0 Å². The van der Waals surface area contributed by atoms with Crippen LogP contribution in [0, 0.1) is 30.0 Å². The van der Waals surface area contributed by atoms with Crippen LogP contribution in [-0.2, 0) is 35.1 Å². The van der Waals surface area contributed by atoms with Crippen LogP contribution in [0.25, 0.3) is 0 Å². The van der Waals surface area contributed by atoms with E-state index in [1.54, 1.807) is 26.8 Å². The normalized spacial score (nSPS) is 23.7. The second kappa shape index (κ2) is 17.3. The van der Waals surface area contributed by atoms with E-state index in [0.717, 1.165) is 5.56 Å². The van der Waals surface area contributed by atoms with Gasteiger partial charge in [0.1, 0.15) is 18.0 Å². The third-order valence-electron chi connectivity index (χ3n) is 8.28. The Morgan fingerprint density at radius 3 is 2.33 bits per heavy atom. The van der Waals surface area contributed by atoms with Crippen LogP contribution in [0.1, 0.15) is 69.5 Å². The Morgan fingerprint density at radius 1 is 1.04 bits per heavy atom. The van der Waals surface area contributed by atoms with Crippen LogP contribution in [0.3, 0.4) is 0 Å². The first-order valence-corrected chi connectivity index (χ1v) is 16.8.